The van der Waals surface area contributed by atoms with Crippen molar-refractivity contribution in [3.8, 4) is 0 Å². The summed E-state index contributed by atoms with van der Waals surface area (Å²) in [5.41, 5.74) is -1.09. The lowest BCUT2D eigenvalue weighted by molar-refractivity contribution is -0.385. The van der Waals surface area contributed by atoms with Gasteiger partial charge in [0, 0.05) is 4.88 Å². The Bertz CT molecular complexity index is 590. The Morgan fingerprint density at radius 3 is 2.78 bits per heavy atom. The summed E-state index contributed by atoms with van der Waals surface area (Å²) in [7, 11) is 0. The maximum absolute atomic E-state index is 10.8. The lowest BCUT2D eigenvalue weighted by Gasteiger charge is -1.95. The van der Waals surface area contributed by atoms with Crippen LogP contribution in [0.25, 0.3) is 0 Å². The number of aromatic carboxylic acids is 1. The fourth-order valence-corrected chi connectivity index (χ4v) is 2.45. The first-order valence-electron chi connectivity index (χ1n) is 4.66. The van der Waals surface area contributed by atoms with Crippen molar-refractivity contribution in [2.24, 2.45) is 0 Å². The molecule has 0 amide bonds. The Hall–Kier alpha value is -1.93. The molecular weight excluding hydrogens is 282 g/mol. The highest BCUT2D eigenvalue weighted by molar-refractivity contribution is 7.16. The van der Waals surface area contributed by atoms with Crippen LogP contribution in [0, 0.1) is 10.1 Å². The van der Waals surface area contributed by atoms with E-state index in [1.165, 1.54) is 16.0 Å². The van der Waals surface area contributed by atoms with Crippen molar-refractivity contribution in [3.63, 3.8) is 0 Å². The molecule has 0 atom stereocenters. The molecule has 0 aromatic carbocycles. The minimum atomic E-state index is -1.43. The second kappa shape index (κ2) is 4.75. The number of aromatic nitrogens is 2. The van der Waals surface area contributed by atoms with Crippen molar-refractivity contribution in [1.29, 1.82) is 0 Å². The molecule has 0 radical (unpaired) electrons. The molecule has 2 heterocycles. The average Bonchev–Trinajstić information content (AvgIpc) is 2.85. The first kappa shape index (κ1) is 12.5. The van der Waals surface area contributed by atoms with E-state index in [1.54, 1.807) is 12.1 Å². The van der Waals surface area contributed by atoms with Crippen LogP contribution >= 0.6 is 22.9 Å². The van der Waals surface area contributed by atoms with E-state index in [1.807, 2.05) is 0 Å². The van der Waals surface area contributed by atoms with E-state index < -0.39 is 22.3 Å². The Kier molecular flexibility index (Phi) is 3.30. The molecule has 0 bridgehead atoms. The largest absolute Gasteiger partial charge is 0.476 e. The zero-order valence-corrected chi connectivity index (χ0v) is 10.3. The smallest absolute Gasteiger partial charge is 0.363 e. The topological polar surface area (TPSA) is 98.3 Å². The van der Waals surface area contributed by atoms with E-state index in [-0.39, 0.29) is 6.54 Å². The molecule has 0 fully saturated rings. The van der Waals surface area contributed by atoms with Gasteiger partial charge in [0.1, 0.15) is 6.20 Å². The van der Waals surface area contributed by atoms with Crippen molar-refractivity contribution in [2.75, 3.05) is 0 Å². The molecule has 2 rings (SSSR count). The van der Waals surface area contributed by atoms with E-state index >= 15 is 0 Å². The number of carboxylic acids is 1. The molecule has 2 aromatic rings. The fraction of sp³-hybridized carbons (Fsp3) is 0.111. The summed E-state index contributed by atoms with van der Waals surface area (Å²) >= 11 is 7.05. The third-order valence-electron chi connectivity index (χ3n) is 2.09. The zero-order valence-electron chi connectivity index (χ0n) is 8.74. The summed E-state index contributed by atoms with van der Waals surface area (Å²) in [6.45, 7) is 0.242. The number of rotatable bonds is 4. The van der Waals surface area contributed by atoms with E-state index in [2.05, 4.69) is 5.10 Å². The number of hydrogen-bond donors (Lipinski definition) is 1. The van der Waals surface area contributed by atoms with E-state index in [4.69, 9.17) is 16.7 Å². The highest BCUT2D eigenvalue weighted by atomic mass is 35.5. The Morgan fingerprint density at radius 2 is 2.33 bits per heavy atom. The van der Waals surface area contributed by atoms with Crippen molar-refractivity contribution < 1.29 is 14.8 Å². The Balaban J connectivity index is 2.32. The van der Waals surface area contributed by atoms with Crippen molar-refractivity contribution in [3.05, 3.63) is 43.4 Å². The number of thiophene rings is 1. The third kappa shape index (κ3) is 2.49. The SMILES string of the molecule is O=C(O)c1nn(Cc2ccc(Cl)s2)cc1[N+](=O)[O-]. The van der Waals surface area contributed by atoms with Gasteiger partial charge in [0.25, 0.3) is 0 Å². The number of carbonyl (C=O) groups is 1. The number of halogens is 1. The van der Waals surface area contributed by atoms with Gasteiger partial charge in [-0.15, -0.1) is 11.3 Å². The van der Waals surface area contributed by atoms with Gasteiger partial charge in [0.05, 0.1) is 15.8 Å². The van der Waals surface area contributed by atoms with Crippen LogP contribution in [0.2, 0.25) is 4.34 Å². The molecular formula is C9H6ClN3O4S. The van der Waals surface area contributed by atoms with E-state index in [0.717, 1.165) is 11.1 Å². The van der Waals surface area contributed by atoms with Crippen LogP contribution in [0.4, 0.5) is 5.69 Å². The standard InChI is InChI=1S/C9H6ClN3O4S/c10-7-2-1-5(18-7)3-12-4-6(13(16)17)8(11-12)9(14)15/h1-2,4H,3H2,(H,14,15). The molecule has 0 unspecified atom stereocenters. The van der Waals surface area contributed by atoms with Gasteiger partial charge in [-0.05, 0) is 12.1 Å². The van der Waals surface area contributed by atoms with Gasteiger partial charge in [0.15, 0.2) is 0 Å². The summed E-state index contributed by atoms with van der Waals surface area (Å²) in [5.74, 6) is -1.43. The molecule has 0 saturated carbocycles. The van der Waals surface area contributed by atoms with Crippen LogP contribution in [0.15, 0.2) is 18.3 Å². The third-order valence-corrected chi connectivity index (χ3v) is 3.30. The van der Waals surface area contributed by atoms with Gasteiger partial charge in [-0.1, -0.05) is 11.6 Å². The molecule has 7 nitrogen and oxygen atoms in total. The van der Waals surface area contributed by atoms with Gasteiger partial charge < -0.3 is 5.11 Å². The quantitative estimate of drug-likeness (QED) is 0.687. The molecule has 0 saturated heterocycles. The molecule has 9 heteroatoms. The minimum Gasteiger partial charge on any atom is -0.476 e. The average molecular weight is 288 g/mol. The number of hydrogen-bond acceptors (Lipinski definition) is 5. The lowest BCUT2D eigenvalue weighted by Crippen LogP contribution is -2.03. The predicted molar refractivity (Wildman–Crippen MR) is 64.3 cm³/mol. The predicted octanol–water partition coefficient (Wildman–Crippen LogP) is 2.25. The van der Waals surface area contributed by atoms with Crippen LogP contribution in [0.1, 0.15) is 15.4 Å². The fourth-order valence-electron chi connectivity index (χ4n) is 1.37. The summed E-state index contributed by atoms with van der Waals surface area (Å²) in [5, 5.41) is 23.1. The maximum atomic E-state index is 10.8. The Labute approximate surface area is 109 Å². The number of nitro groups is 1. The summed E-state index contributed by atoms with van der Waals surface area (Å²) in [6, 6.07) is 3.44. The maximum Gasteiger partial charge on any atom is 0.363 e. The minimum absolute atomic E-state index is 0.242. The lowest BCUT2D eigenvalue weighted by atomic mass is 10.4. The summed E-state index contributed by atoms with van der Waals surface area (Å²) < 4.78 is 1.80. The highest BCUT2D eigenvalue weighted by Gasteiger charge is 2.25. The van der Waals surface area contributed by atoms with Crippen molar-refractivity contribution in [2.45, 2.75) is 6.54 Å². The molecule has 0 spiro atoms. The second-order valence-electron chi connectivity index (χ2n) is 3.33. The van der Waals surface area contributed by atoms with Crippen LogP contribution in [0.3, 0.4) is 0 Å². The van der Waals surface area contributed by atoms with Crippen LogP contribution in [-0.2, 0) is 6.54 Å². The van der Waals surface area contributed by atoms with Crippen LogP contribution in [-0.4, -0.2) is 25.8 Å². The van der Waals surface area contributed by atoms with Gasteiger partial charge in [0.2, 0.25) is 5.69 Å². The summed E-state index contributed by atoms with van der Waals surface area (Å²) in [6.07, 6.45) is 1.09. The number of nitrogens with zero attached hydrogens (tertiary/aromatic N) is 3. The van der Waals surface area contributed by atoms with E-state index in [9.17, 15) is 14.9 Å². The van der Waals surface area contributed by atoms with Crippen LogP contribution < -0.4 is 0 Å². The molecule has 0 aliphatic rings. The van der Waals surface area contributed by atoms with Crippen molar-refractivity contribution in [1.82, 2.24) is 9.78 Å². The van der Waals surface area contributed by atoms with Gasteiger partial charge in [-0.2, -0.15) is 5.10 Å². The highest BCUT2D eigenvalue weighted by Crippen LogP contribution is 2.23. The van der Waals surface area contributed by atoms with E-state index in [0.29, 0.717) is 4.34 Å². The van der Waals surface area contributed by atoms with Crippen LogP contribution in [0.5, 0.6) is 0 Å². The van der Waals surface area contributed by atoms with Gasteiger partial charge in [-0.3, -0.25) is 14.8 Å². The molecule has 18 heavy (non-hydrogen) atoms. The first-order chi connectivity index (χ1) is 8.47. The molecule has 2 aromatic heterocycles. The monoisotopic (exact) mass is 287 g/mol. The first-order valence-corrected chi connectivity index (χ1v) is 5.86. The molecule has 0 aliphatic heterocycles. The van der Waals surface area contributed by atoms with Crippen molar-refractivity contribution >= 4 is 34.6 Å². The Morgan fingerprint density at radius 1 is 1.61 bits per heavy atom. The second-order valence-corrected chi connectivity index (χ2v) is 5.13. The summed E-state index contributed by atoms with van der Waals surface area (Å²) in [4.78, 5) is 21.5. The van der Waals surface area contributed by atoms with Gasteiger partial charge in [-0.25, -0.2) is 4.79 Å². The zero-order chi connectivity index (χ0) is 13.3. The normalized spacial score (nSPS) is 10.5. The molecule has 0 aliphatic carbocycles. The number of carboxylic acid groups (broad SMARTS) is 1. The van der Waals surface area contributed by atoms with Gasteiger partial charge >= 0.3 is 11.7 Å². The molecule has 1 N–H and O–H groups in total. The molecule has 94 valence electrons.